The maximum atomic E-state index is 13.2. The molecule has 0 saturated carbocycles. The molecule has 4 aromatic rings. The molecular formula is C24H19NO2. The Kier molecular flexibility index (Phi) is 4.43. The third-order valence-electron chi connectivity index (χ3n) is 4.47. The van der Waals surface area contributed by atoms with E-state index in [0.717, 1.165) is 16.6 Å². The van der Waals surface area contributed by atoms with Crippen molar-refractivity contribution in [1.29, 1.82) is 0 Å². The van der Waals surface area contributed by atoms with Crippen LogP contribution in [0, 0.1) is 13.8 Å². The number of hydrogen-bond acceptors (Lipinski definition) is 3. The molecule has 4 rings (SSSR count). The van der Waals surface area contributed by atoms with Gasteiger partial charge in [-0.25, -0.2) is 4.98 Å². The molecule has 3 nitrogen and oxygen atoms in total. The van der Waals surface area contributed by atoms with Crippen molar-refractivity contribution < 1.29 is 9.21 Å². The highest BCUT2D eigenvalue weighted by molar-refractivity contribution is 6.31. The molecule has 0 spiro atoms. The smallest absolute Gasteiger partial charge is 0.231 e. The lowest BCUT2D eigenvalue weighted by Gasteiger charge is -2.05. The minimum Gasteiger partial charge on any atom is -0.436 e. The van der Waals surface area contributed by atoms with Gasteiger partial charge in [0.15, 0.2) is 11.4 Å². The lowest BCUT2D eigenvalue weighted by molar-refractivity contribution is 0.105. The van der Waals surface area contributed by atoms with Gasteiger partial charge in [0, 0.05) is 5.56 Å². The summed E-state index contributed by atoms with van der Waals surface area (Å²) in [5, 5.41) is 0. The van der Waals surface area contributed by atoms with E-state index in [1.807, 2.05) is 92.7 Å². The van der Waals surface area contributed by atoms with Gasteiger partial charge in [0.2, 0.25) is 5.89 Å². The number of ketones is 1. The fourth-order valence-corrected chi connectivity index (χ4v) is 2.90. The van der Waals surface area contributed by atoms with Crippen LogP contribution in [0.1, 0.15) is 32.9 Å². The predicted molar refractivity (Wildman–Crippen MR) is 109 cm³/mol. The molecule has 27 heavy (non-hydrogen) atoms. The number of carbonyl (C=O) groups excluding carboxylic acids is 1. The highest BCUT2D eigenvalue weighted by Crippen LogP contribution is 2.26. The Balaban J connectivity index is 1.84. The highest BCUT2D eigenvalue weighted by atomic mass is 16.3. The number of oxazole rings is 1. The van der Waals surface area contributed by atoms with Crippen molar-refractivity contribution in [3.05, 3.63) is 101 Å². The molecule has 132 valence electrons. The van der Waals surface area contributed by atoms with Gasteiger partial charge in [0.1, 0.15) is 5.52 Å². The largest absolute Gasteiger partial charge is 0.436 e. The van der Waals surface area contributed by atoms with Crippen molar-refractivity contribution in [3.8, 4) is 0 Å². The van der Waals surface area contributed by atoms with Gasteiger partial charge in [-0.2, -0.15) is 0 Å². The number of Topliss-reactive ketones (excluding diaryl/α,β-unsaturated/α-hetero) is 1. The van der Waals surface area contributed by atoms with Crippen LogP contribution in [0.5, 0.6) is 0 Å². The van der Waals surface area contributed by atoms with Crippen LogP contribution < -0.4 is 0 Å². The first-order chi connectivity index (χ1) is 13.1. The topological polar surface area (TPSA) is 43.1 Å². The molecule has 0 aliphatic rings. The molecule has 0 aliphatic heterocycles. The third-order valence-corrected chi connectivity index (χ3v) is 4.47. The third kappa shape index (κ3) is 3.58. The molecular weight excluding hydrogens is 334 g/mol. The maximum Gasteiger partial charge on any atom is 0.231 e. The van der Waals surface area contributed by atoms with Crippen LogP contribution in [-0.4, -0.2) is 10.8 Å². The summed E-state index contributed by atoms with van der Waals surface area (Å²) in [7, 11) is 0. The number of fused-ring (bicyclic) bond motifs is 1. The number of carbonyl (C=O) groups is 1. The second-order valence-corrected chi connectivity index (χ2v) is 6.65. The van der Waals surface area contributed by atoms with Gasteiger partial charge >= 0.3 is 0 Å². The summed E-state index contributed by atoms with van der Waals surface area (Å²) in [6.45, 7) is 4.03. The Labute approximate surface area is 158 Å². The van der Waals surface area contributed by atoms with Gasteiger partial charge < -0.3 is 4.42 Å². The Hall–Kier alpha value is -3.46. The second-order valence-electron chi connectivity index (χ2n) is 6.65. The Morgan fingerprint density at radius 1 is 0.852 bits per heavy atom. The monoisotopic (exact) mass is 353 g/mol. The van der Waals surface area contributed by atoms with Crippen LogP contribution in [0.4, 0.5) is 0 Å². The van der Waals surface area contributed by atoms with Crippen molar-refractivity contribution in [2.75, 3.05) is 0 Å². The molecule has 3 aromatic carbocycles. The summed E-state index contributed by atoms with van der Waals surface area (Å²) >= 11 is 0. The number of allylic oxidation sites excluding steroid dienone is 1. The van der Waals surface area contributed by atoms with E-state index < -0.39 is 0 Å². The molecule has 0 fully saturated rings. The minimum atomic E-state index is -0.109. The molecule has 0 unspecified atom stereocenters. The van der Waals surface area contributed by atoms with E-state index >= 15 is 0 Å². The number of benzene rings is 3. The number of para-hydroxylation sites is 2. The molecule has 0 amide bonds. The van der Waals surface area contributed by atoms with E-state index in [2.05, 4.69) is 4.98 Å². The molecule has 0 atom stereocenters. The van der Waals surface area contributed by atoms with E-state index in [1.54, 1.807) is 0 Å². The van der Waals surface area contributed by atoms with Gasteiger partial charge in [0.25, 0.3) is 0 Å². The summed E-state index contributed by atoms with van der Waals surface area (Å²) in [6.07, 6.45) is 1.84. The standard InChI is InChI=1S/C24H19NO2/c1-16-7-11-18(12-8-16)15-20(23(26)19-13-9-17(2)10-14-19)24-25-21-5-3-4-6-22(21)27-24/h3-15H,1-2H3/b20-15+. The van der Waals surface area contributed by atoms with E-state index in [9.17, 15) is 4.79 Å². The first-order valence-electron chi connectivity index (χ1n) is 8.86. The molecule has 1 heterocycles. The lowest BCUT2D eigenvalue weighted by atomic mass is 9.99. The Morgan fingerprint density at radius 2 is 1.48 bits per heavy atom. The van der Waals surface area contributed by atoms with Crippen molar-refractivity contribution in [2.24, 2.45) is 0 Å². The number of aromatic nitrogens is 1. The number of rotatable bonds is 4. The zero-order chi connectivity index (χ0) is 18.8. The van der Waals surface area contributed by atoms with Crippen LogP contribution in [-0.2, 0) is 0 Å². The van der Waals surface area contributed by atoms with Crippen LogP contribution in [0.3, 0.4) is 0 Å². The van der Waals surface area contributed by atoms with Crippen molar-refractivity contribution >= 4 is 28.5 Å². The number of aryl methyl sites for hydroxylation is 2. The molecule has 0 N–H and O–H groups in total. The van der Waals surface area contributed by atoms with E-state index in [0.29, 0.717) is 22.6 Å². The average molecular weight is 353 g/mol. The quantitative estimate of drug-likeness (QED) is 0.340. The SMILES string of the molecule is Cc1ccc(/C=C(\C(=O)c2ccc(C)cc2)c2nc3ccccc3o2)cc1. The summed E-state index contributed by atoms with van der Waals surface area (Å²) in [5.41, 5.74) is 5.66. The maximum absolute atomic E-state index is 13.2. The van der Waals surface area contributed by atoms with Gasteiger partial charge in [-0.15, -0.1) is 0 Å². The van der Waals surface area contributed by atoms with E-state index in [1.165, 1.54) is 5.56 Å². The summed E-state index contributed by atoms with van der Waals surface area (Å²) < 4.78 is 5.89. The first kappa shape index (κ1) is 17.0. The molecule has 3 heteroatoms. The molecule has 0 bridgehead atoms. The van der Waals surface area contributed by atoms with E-state index in [4.69, 9.17) is 4.42 Å². The van der Waals surface area contributed by atoms with Crippen molar-refractivity contribution in [2.45, 2.75) is 13.8 Å². The van der Waals surface area contributed by atoms with Crippen LogP contribution in [0.25, 0.3) is 22.7 Å². The van der Waals surface area contributed by atoms with Gasteiger partial charge in [-0.3, -0.25) is 4.79 Å². The lowest BCUT2D eigenvalue weighted by Crippen LogP contribution is -2.03. The second kappa shape index (κ2) is 7.04. The Bertz CT molecular complexity index is 1100. The first-order valence-corrected chi connectivity index (χ1v) is 8.86. The van der Waals surface area contributed by atoms with Gasteiger partial charge in [-0.1, -0.05) is 71.8 Å². The fraction of sp³-hybridized carbons (Fsp3) is 0.0833. The minimum absolute atomic E-state index is 0.109. The van der Waals surface area contributed by atoms with Crippen LogP contribution in [0.2, 0.25) is 0 Å². The normalized spacial score (nSPS) is 11.7. The average Bonchev–Trinajstić information content (AvgIpc) is 3.11. The molecule has 0 radical (unpaired) electrons. The summed E-state index contributed by atoms with van der Waals surface area (Å²) in [5.74, 6) is 0.226. The van der Waals surface area contributed by atoms with Gasteiger partial charge in [0.05, 0.1) is 5.57 Å². The number of hydrogen-bond donors (Lipinski definition) is 0. The van der Waals surface area contributed by atoms with Crippen LogP contribution in [0.15, 0.2) is 77.2 Å². The van der Waals surface area contributed by atoms with E-state index in [-0.39, 0.29) is 5.78 Å². The molecule has 0 aliphatic carbocycles. The highest BCUT2D eigenvalue weighted by Gasteiger charge is 2.20. The predicted octanol–water partition coefficient (Wildman–Crippen LogP) is 5.87. The Morgan fingerprint density at radius 3 is 2.15 bits per heavy atom. The number of nitrogens with zero attached hydrogens (tertiary/aromatic N) is 1. The summed E-state index contributed by atoms with van der Waals surface area (Å²) in [4.78, 5) is 17.8. The van der Waals surface area contributed by atoms with Crippen molar-refractivity contribution in [1.82, 2.24) is 4.98 Å². The van der Waals surface area contributed by atoms with Gasteiger partial charge in [-0.05, 0) is 37.6 Å². The molecule has 1 aromatic heterocycles. The zero-order valence-electron chi connectivity index (χ0n) is 15.3. The zero-order valence-corrected chi connectivity index (χ0v) is 15.3. The van der Waals surface area contributed by atoms with Crippen molar-refractivity contribution in [3.63, 3.8) is 0 Å². The summed E-state index contributed by atoms with van der Waals surface area (Å²) in [6, 6.07) is 23.1. The molecule has 0 saturated heterocycles. The van der Waals surface area contributed by atoms with Crippen LogP contribution >= 0.6 is 0 Å². The fourth-order valence-electron chi connectivity index (χ4n) is 2.90.